The Balaban J connectivity index is 2.01. The van der Waals surface area contributed by atoms with E-state index in [1.54, 1.807) is 31.2 Å². The average Bonchev–Trinajstić information content (AvgIpc) is 2.78. The van der Waals surface area contributed by atoms with Crippen LogP contribution in [0.2, 0.25) is 0 Å². The zero-order chi connectivity index (χ0) is 16.2. The Bertz CT molecular complexity index is 672. The molecule has 1 aromatic carbocycles. The van der Waals surface area contributed by atoms with Crippen molar-refractivity contribution in [2.75, 3.05) is 23.4 Å². The van der Waals surface area contributed by atoms with Crippen molar-refractivity contribution in [3.63, 3.8) is 0 Å². The number of hydrogen-bond acceptors (Lipinski definition) is 5. The smallest absolute Gasteiger partial charge is 0.340 e. The summed E-state index contributed by atoms with van der Waals surface area (Å²) in [6, 6.07) is 5.53. The quantitative estimate of drug-likeness (QED) is 0.809. The molecule has 0 spiro atoms. The molecule has 1 unspecified atom stereocenters. The lowest BCUT2D eigenvalue weighted by Gasteiger charge is -2.14. The number of carbonyl (C=O) groups is 2. The number of esters is 1. The lowest BCUT2D eigenvalue weighted by atomic mass is 10.2. The summed E-state index contributed by atoms with van der Waals surface area (Å²) in [5, 5.41) is 5.16. The Hall–Kier alpha value is -2.09. The molecule has 0 aliphatic carbocycles. The third kappa shape index (κ3) is 4.20. The van der Waals surface area contributed by atoms with Gasteiger partial charge in [-0.15, -0.1) is 0 Å². The highest BCUT2D eigenvalue weighted by atomic mass is 32.2. The third-order valence-electron chi connectivity index (χ3n) is 3.24. The molecule has 0 aromatic heterocycles. The van der Waals surface area contributed by atoms with E-state index in [9.17, 15) is 18.0 Å². The molecule has 1 aliphatic rings. The van der Waals surface area contributed by atoms with Gasteiger partial charge in [0, 0.05) is 6.04 Å². The highest BCUT2D eigenvalue weighted by Gasteiger charge is 2.29. The van der Waals surface area contributed by atoms with E-state index in [1.807, 2.05) is 0 Å². The van der Waals surface area contributed by atoms with Crippen molar-refractivity contribution >= 4 is 27.5 Å². The minimum atomic E-state index is -3.06. The van der Waals surface area contributed by atoms with Crippen LogP contribution in [0, 0.1) is 0 Å². The Morgan fingerprint density at radius 3 is 2.68 bits per heavy atom. The molecule has 22 heavy (non-hydrogen) atoms. The predicted octanol–water partition coefficient (Wildman–Crippen LogP) is 1.17. The SMILES string of the molecule is CCOC(=O)c1ccccc1NC(=O)NC1CCS(=O)(=O)C1. The molecule has 1 saturated heterocycles. The van der Waals surface area contributed by atoms with Crippen molar-refractivity contribution in [2.24, 2.45) is 0 Å². The summed E-state index contributed by atoms with van der Waals surface area (Å²) in [6.45, 7) is 1.93. The second-order valence-corrected chi connectivity index (χ2v) is 7.19. The van der Waals surface area contributed by atoms with Crippen molar-refractivity contribution in [3.8, 4) is 0 Å². The number of anilines is 1. The van der Waals surface area contributed by atoms with Crippen molar-refractivity contribution in [2.45, 2.75) is 19.4 Å². The number of nitrogens with one attached hydrogen (secondary N) is 2. The van der Waals surface area contributed by atoms with Gasteiger partial charge in [-0.1, -0.05) is 12.1 Å². The summed E-state index contributed by atoms with van der Waals surface area (Å²) in [6.07, 6.45) is 0.398. The van der Waals surface area contributed by atoms with Crippen LogP contribution < -0.4 is 10.6 Å². The second-order valence-electron chi connectivity index (χ2n) is 4.96. The number of ether oxygens (including phenoxy) is 1. The van der Waals surface area contributed by atoms with E-state index in [-0.39, 0.29) is 23.7 Å². The molecule has 1 aromatic rings. The molecule has 2 amide bonds. The molecule has 1 aliphatic heterocycles. The molecular weight excluding hydrogens is 308 g/mol. The van der Waals surface area contributed by atoms with Crippen LogP contribution in [0.3, 0.4) is 0 Å². The molecule has 1 heterocycles. The highest BCUT2D eigenvalue weighted by molar-refractivity contribution is 7.91. The first kappa shape index (κ1) is 16.3. The molecular formula is C14H18N2O5S. The van der Waals surface area contributed by atoms with Gasteiger partial charge in [-0.2, -0.15) is 0 Å². The first-order valence-corrected chi connectivity index (χ1v) is 8.77. The summed E-state index contributed by atoms with van der Waals surface area (Å²) >= 11 is 0. The number of amides is 2. The first-order chi connectivity index (χ1) is 10.4. The van der Waals surface area contributed by atoms with Crippen molar-refractivity contribution in [1.82, 2.24) is 5.32 Å². The summed E-state index contributed by atoms with van der Waals surface area (Å²) in [7, 11) is -3.06. The standard InChI is InChI=1S/C14H18N2O5S/c1-2-21-13(17)11-5-3-4-6-12(11)16-14(18)15-10-7-8-22(19,20)9-10/h3-6,10H,2,7-9H2,1H3,(H2,15,16,18). The van der Waals surface area contributed by atoms with Gasteiger partial charge in [0.05, 0.1) is 29.4 Å². The van der Waals surface area contributed by atoms with Crippen molar-refractivity contribution in [1.29, 1.82) is 0 Å². The minimum Gasteiger partial charge on any atom is -0.462 e. The molecule has 7 nitrogen and oxygen atoms in total. The fraction of sp³-hybridized carbons (Fsp3) is 0.429. The van der Waals surface area contributed by atoms with Gasteiger partial charge >= 0.3 is 12.0 Å². The number of benzene rings is 1. The van der Waals surface area contributed by atoms with Crippen LogP contribution in [0.4, 0.5) is 10.5 Å². The number of para-hydroxylation sites is 1. The highest BCUT2D eigenvalue weighted by Crippen LogP contribution is 2.17. The Kier molecular flexibility index (Phi) is 5.02. The normalized spacial score (nSPS) is 19.4. The van der Waals surface area contributed by atoms with E-state index in [1.165, 1.54) is 0 Å². The zero-order valence-corrected chi connectivity index (χ0v) is 13.0. The maximum absolute atomic E-state index is 11.9. The van der Waals surface area contributed by atoms with E-state index in [0.717, 1.165) is 0 Å². The maximum Gasteiger partial charge on any atom is 0.340 e. The molecule has 120 valence electrons. The number of sulfone groups is 1. The largest absolute Gasteiger partial charge is 0.462 e. The fourth-order valence-corrected chi connectivity index (χ4v) is 3.90. The van der Waals surface area contributed by atoms with Crippen LogP contribution in [0.1, 0.15) is 23.7 Å². The first-order valence-electron chi connectivity index (χ1n) is 6.95. The number of urea groups is 1. The lowest BCUT2D eigenvalue weighted by molar-refractivity contribution is 0.0527. The fourth-order valence-electron chi connectivity index (χ4n) is 2.23. The minimum absolute atomic E-state index is 0.0556. The van der Waals surface area contributed by atoms with E-state index >= 15 is 0 Å². The second kappa shape index (κ2) is 6.78. The molecule has 0 bridgehead atoms. The molecule has 1 fully saturated rings. The molecule has 0 saturated carbocycles. The predicted molar refractivity (Wildman–Crippen MR) is 81.6 cm³/mol. The molecule has 2 N–H and O–H groups in total. The van der Waals surface area contributed by atoms with Crippen molar-refractivity contribution < 1.29 is 22.7 Å². The van der Waals surface area contributed by atoms with Crippen LogP contribution >= 0.6 is 0 Å². The van der Waals surface area contributed by atoms with Crippen LogP contribution in [0.25, 0.3) is 0 Å². The summed E-state index contributed by atoms with van der Waals surface area (Å²) in [5.74, 6) is -0.501. The topological polar surface area (TPSA) is 102 Å². The van der Waals surface area contributed by atoms with E-state index in [0.29, 0.717) is 12.1 Å². The zero-order valence-electron chi connectivity index (χ0n) is 12.2. The average molecular weight is 326 g/mol. The van der Waals surface area contributed by atoms with E-state index < -0.39 is 27.9 Å². The summed E-state index contributed by atoms with van der Waals surface area (Å²) in [4.78, 5) is 23.7. The number of hydrogen-bond donors (Lipinski definition) is 2. The Morgan fingerprint density at radius 1 is 1.32 bits per heavy atom. The lowest BCUT2D eigenvalue weighted by Crippen LogP contribution is -2.38. The Labute approximate surface area is 129 Å². The molecule has 2 rings (SSSR count). The van der Waals surface area contributed by atoms with Gasteiger partial charge in [0.1, 0.15) is 0 Å². The van der Waals surface area contributed by atoms with Crippen LogP contribution in [-0.2, 0) is 14.6 Å². The molecule has 0 radical (unpaired) electrons. The number of rotatable bonds is 4. The van der Waals surface area contributed by atoms with Crippen LogP contribution in [-0.4, -0.2) is 44.6 Å². The van der Waals surface area contributed by atoms with E-state index in [2.05, 4.69) is 10.6 Å². The van der Waals surface area contributed by atoms with Gasteiger partial charge in [0.15, 0.2) is 9.84 Å². The van der Waals surface area contributed by atoms with Crippen LogP contribution in [0.5, 0.6) is 0 Å². The van der Waals surface area contributed by atoms with Gasteiger partial charge in [-0.05, 0) is 25.5 Å². The van der Waals surface area contributed by atoms with Gasteiger partial charge in [-0.25, -0.2) is 18.0 Å². The van der Waals surface area contributed by atoms with Gasteiger partial charge in [0.2, 0.25) is 0 Å². The maximum atomic E-state index is 11.9. The molecule has 1 atom stereocenters. The monoisotopic (exact) mass is 326 g/mol. The van der Waals surface area contributed by atoms with E-state index in [4.69, 9.17) is 4.74 Å². The van der Waals surface area contributed by atoms with Gasteiger partial charge in [-0.3, -0.25) is 0 Å². The van der Waals surface area contributed by atoms with Gasteiger partial charge < -0.3 is 15.4 Å². The number of carbonyl (C=O) groups excluding carboxylic acids is 2. The molecule has 8 heteroatoms. The third-order valence-corrected chi connectivity index (χ3v) is 5.01. The summed E-state index contributed by atoms with van der Waals surface area (Å²) in [5.41, 5.74) is 0.567. The van der Waals surface area contributed by atoms with Crippen molar-refractivity contribution in [3.05, 3.63) is 29.8 Å². The summed E-state index contributed by atoms with van der Waals surface area (Å²) < 4.78 is 27.6. The Morgan fingerprint density at radius 2 is 2.05 bits per heavy atom. The van der Waals surface area contributed by atoms with Gasteiger partial charge in [0.25, 0.3) is 0 Å². The van der Waals surface area contributed by atoms with Crippen LogP contribution in [0.15, 0.2) is 24.3 Å².